The van der Waals surface area contributed by atoms with Crippen molar-refractivity contribution in [3.63, 3.8) is 0 Å². The first-order valence-corrected chi connectivity index (χ1v) is 13.0. The fourth-order valence-corrected chi connectivity index (χ4v) is 5.87. The first-order chi connectivity index (χ1) is 16.2. The van der Waals surface area contributed by atoms with E-state index in [1.54, 1.807) is 0 Å². The lowest BCUT2D eigenvalue weighted by molar-refractivity contribution is -0.115. The van der Waals surface area contributed by atoms with Crippen LogP contribution in [0, 0.1) is 6.92 Å². The average Bonchev–Trinajstić information content (AvgIpc) is 3.33. The molecule has 0 radical (unpaired) electrons. The summed E-state index contributed by atoms with van der Waals surface area (Å²) in [5, 5.41) is 0. The lowest BCUT2D eigenvalue weighted by Gasteiger charge is -2.36. The lowest BCUT2D eigenvalue weighted by Crippen LogP contribution is -2.44. The number of anilines is 2. The molecule has 0 atom stereocenters. The number of ketones is 2. The number of rotatable bonds is 7. The van der Waals surface area contributed by atoms with E-state index < -0.39 is 0 Å². The highest BCUT2D eigenvalue weighted by molar-refractivity contribution is 6.03. The summed E-state index contributed by atoms with van der Waals surface area (Å²) in [4.78, 5) is 33.4. The maximum absolute atomic E-state index is 13.6. The molecule has 5 nitrogen and oxygen atoms in total. The zero-order chi connectivity index (χ0) is 24.4. The first kappa shape index (κ1) is 24.7. The topological polar surface area (TPSA) is 43.9 Å². The van der Waals surface area contributed by atoms with E-state index >= 15 is 0 Å². The third-order valence-electron chi connectivity index (χ3n) is 8.10. The van der Waals surface area contributed by atoms with Gasteiger partial charge in [-0.3, -0.25) is 9.59 Å². The Morgan fingerprint density at radius 1 is 1.06 bits per heavy atom. The van der Waals surface area contributed by atoms with Crippen LogP contribution in [0.5, 0.6) is 0 Å². The van der Waals surface area contributed by atoms with Crippen molar-refractivity contribution < 1.29 is 9.59 Å². The van der Waals surface area contributed by atoms with Crippen molar-refractivity contribution in [2.45, 2.75) is 71.8 Å². The van der Waals surface area contributed by atoms with Crippen LogP contribution < -0.4 is 9.80 Å². The number of carbonyl (C=O) groups is 2. The van der Waals surface area contributed by atoms with Crippen LogP contribution in [0.25, 0.3) is 0 Å². The molecule has 184 valence electrons. The number of piperazine rings is 1. The Kier molecular flexibility index (Phi) is 7.61. The number of Topliss-reactive ketones (excluding diaryl/α,β-unsaturated/α-hetero) is 2. The van der Waals surface area contributed by atoms with E-state index in [4.69, 9.17) is 0 Å². The molecule has 0 bridgehead atoms. The summed E-state index contributed by atoms with van der Waals surface area (Å²) in [6.45, 7) is 10.1. The van der Waals surface area contributed by atoms with Crippen LogP contribution in [0.2, 0.25) is 0 Å². The van der Waals surface area contributed by atoms with E-state index in [2.05, 4.69) is 53.9 Å². The van der Waals surface area contributed by atoms with Crippen LogP contribution in [0.15, 0.2) is 34.9 Å². The zero-order valence-corrected chi connectivity index (χ0v) is 21.7. The number of benzene rings is 1. The standard InChI is InChI=1S/C29H41N3O2/c1-20-16-21(2)25(29(34)17-20)10-11-28(33)26-18-24(32-14-12-30(4)13-15-32)19-27(22(26)3)31(5)23-8-6-7-9-23/h16,18-19,23H,6-15,17H2,1-5H3. The number of allylic oxidation sites excluding steroid dienone is 4. The van der Waals surface area contributed by atoms with Gasteiger partial charge in [0.25, 0.3) is 0 Å². The fraction of sp³-hybridized carbons (Fsp3) is 0.586. The second kappa shape index (κ2) is 10.5. The second-order valence-electron chi connectivity index (χ2n) is 10.7. The van der Waals surface area contributed by atoms with Gasteiger partial charge in [0, 0.05) is 69.0 Å². The maximum Gasteiger partial charge on any atom is 0.163 e. The smallest absolute Gasteiger partial charge is 0.163 e. The van der Waals surface area contributed by atoms with Gasteiger partial charge in [0.15, 0.2) is 11.6 Å². The number of likely N-dealkylation sites (N-methyl/N-ethyl adjacent to an activating group) is 1. The van der Waals surface area contributed by atoms with Crippen molar-refractivity contribution in [2.24, 2.45) is 0 Å². The molecule has 0 aromatic heterocycles. The van der Waals surface area contributed by atoms with E-state index in [1.807, 2.05) is 13.8 Å². The van der Waals surface area contributed by atoms with Gasteiger partial charge < -0.3 is 14.7 Å². The Balaban J connectivity index is 1.62. The van der Waals surface area contributed by atoms with Crippen molar-refractivity contribution in [1.82, 2.24) is 4.90 Å². The highest BCUT2D eigenvalue weighted by atomic mass is 16.1. The maximum atomic E-state index is 13.6. The number of carbonyl (C=O) groups excluding carboxylic acids is 2. The summed E-state index contributed by atoms with van der Waals surface area (Å²) in [6.07, 6.45) is 8.50. The molecule has 0 amide bonds. The van der Waals surface area contributed by atoms with Gasteiger partial charge in [0.2, 0.25) is 0 Å². The third-order valence-corrected chi connectivity index (χ3v) is 8.10. The van der Waals surface area contributed by atoms with Crippen LogP contribution in [-0.4, -0.2) is 62.8 Å². The predicted octanol–water partition coefficient (Wildman–Crippen LogP) is 5.32. The van der Waals surface area contributed by atoms with E-state index in [-0.39, 0.29) is 11.6 Å². The summed E-state index contributed by atoms with van der Waals surface area (Å²) in [5.41, 5.74) is 7.20. The van der Waals surface area contributed by atoms with Gasteiger partial charge in [0.1, 0.15) is 0 Å². The SMILES string of the molecule is CC1=CC(C)=C(CCC(=O)c2cc(N3CCN(C)CC3)cc(N(C)C3CCCC3)c2C)C(=O)C1. The van der Waals surface area contributed by atoms with Gasteiger partial charge in [-0.2, -0.15) is 0 Å². The van der Waals surface area contributed by atoms with Gasteiger partial charge in [-0.05, 0) is 75.9 Å². The van der Waals surface area contributed by atoms with Crippen LogP contribution in [-0.2, 0) is 4.79 Å². The number of hydrogen-bond acceptors (Lipinski definition) is 5. The average molecular weight is 464 g/mol. The largest absolute Gasteiger partial charge is 0.371 e. The molecule has 5 heteroatoms. The molecule has 1 aliphatic heterocycles. The molecule has 0 spiro atoms. The number of nitrogens with zero attached hydrogens (tertiary/aromatic N) is 3. The third kappa shape index (κ3) is 5.30. The zero-order valence-electron chi connectivity index (χ0n) is 21.7. The highest BCUT2D eigenvalue weighted by Gasteiger charge is 2.26. The quantitative estimate of drug-likeness (QED) is 0.512. The minimum atomic E-state index is 0.147. The molecule has 1 saturated carbocycles. The molecule has 2 fully saturated rings. The molecule has 3 aliphatic rings. The van der Waals surface area contributed by atoms with Crippen LogP contribution in [0.1, 0.15) is 74.7 Å². The van der Waals surface area contributed by atoms with E-state index in [0.29, 0.717) is 25.3 Å². The van der Waals surface area contributed by atoms with Gasteiger partial charge >= 0.3 is 0 Å². The van der Waals surface area contributed by atoms with Gasteiger partial charge in [-0.1, -0.05) is 24.5 Å². The summed E-state index contributed by atoms with van der Waals surface area (Å²) in [7, 11) is 4.37. The molecule has 1 aromatic rings. The second-order valence-corrected chi connectivity index (χ2v) is 10.7. The molecule has 0 unspecified atom stereocenters. The van der Waals surface area contributed by atoms with E-state index in [0.717, 1.165) is 59.7 Å². The van der Waals surface area contributed by atoms with Crippen LogP contribution >= 0.6 is 0 Å². The van der Waals surface area contributed by atoms with Gasteiger partial charge in [0.05, 0.1) is 0 Å². The van der Waals surface area contributed by atoms with Crippen LogP contribution in [0.3, 0.4) is 0 Å². The number of hydrogen-bond donors (Lipinski definition) is 0. The van der Waals surface area contributed by atoms with Crippen molar-refractivity contribution in [3.05, 3.63) is 46.1 Å². The van der Waals surface area contributed by atoms with Gasteiger partial charge in [-0.25, -0.2) is 0 Å². The lowest BCUT2D eigenvalue weighted by atomic mass is 9.88. The van der Waals surface area contributed by atoms with Crippen molar-refractivity contribution >= 4 is 22.9 Å². The molecule has 1 heterocycles. The Bertz CT molecular complexity index is 1010. The molecule has 1 aromatic carbocycles. The predicted molar refractivity (Wildman–Crippen MR) is 141 cm³/mol. The molecular formula is C29H41N3O2. The summed E-state index contributed by atoms with van der Waals surface area (Å²) in [5.74, 6) is 0.323. The molecule has 1 saturated heterocycles. The molecule has 34 heavy (non-hydrogen) atoms. The normalized spacial score (nSPS) is 20.2. The van der Waals surface area contributed by atoms with E-state index in [9.17, 15) is 9.59 Å². The van der Waals surface area contributed by atoms with Gasteiger partial charge in [-0.15, -0.1) is 0 Å². The first-order valence-electron chi connectivity index (χ1n) is 13.0. The van der Waals surface area contributed by atoms with Crippen LogP contribution in [0.4, 0.5) is 11.4 Å². The molecular weight excluding hydrogens is 422 g/mol. The summed E-state index contributed by atoms with van der Waals surface area (Å²) < 4.78 is 0. The molecule has 0 N–H and O–H groups in total. The summed E-state index contributed by atoms with van der Waals surface area (Å²) in [6, 6.07) is 4.97. The monoisotopic (exact) mass is 463 g/mol. The Morgan fingerprint density at radius 2 is 1.74 bits per heavy atom. The summed E-state index contributed by atoms with van der Waals surface area (Å²) >= 11 is 0. The molecule has 4 rings (SSSR count). The minimum absolute atomic E-state index is 0.147. The van der Waals surface area contributed by atoms with Crippen molar-refractivity contribution in [3.8, 4) is 0 Å². The molecule has 2 aliphatic carbocycles. The van der Waals surface area contributed by atoms with Crippen molar-refractivity contribution in [1.29, 1.82) is 0 Å². The Morgan fingerprint density at radius 3 is 2.38 bits per heavy atom. The van der Waals surface area contributed by atoms with Crippen molar-refractivity contribution in [2.75, 3.05) is 50.1 Å². The highest BCUT2D eigenvalue weighted by Crippen LogP contribution is 2.35. The Hall–Kier alpha value is -2.40. The Labute approximate surface area is 205 Å². The fourth-order valence-electron chi connectivity index (χ4n) is 5.87. The van der Waals surface area contributed by atoms with E-state index in [1.165, 1.54) is 31.4 Å². The minimum Gasteiger partial charge on any atom is -0.371 e.